The highest BCUT2D eigenvalue weighted by molar-refractivity contribution is 5.79. The monoisotopic (exact) mass is 325 g/mol. The van der Waals surface area contributed by atoms with E-state index in [2.05, 4.69) is 5.10 Å². The van der Waals surface area contributed by atoms with E-state index in [0.717, 1.165) is 24.1 Å². The Balaban J connectivity index is 1.45. The minimum Gasteiger partial charge on any atom is -0.374 e. The SMILES string of the molecule is O=C(Cc1cnn(-c2ccccc2)c1)N1CCO[C@@H]2CCCC[C@@H]21. The predicted octanol–water partition coefficient (Wildman–Crippen LogP) is 2.58. The van der Waals surface area contributed by atoms with Crippen molar-refractivity contribution in [2.75, 3.05) is 13.2 Å². The fraction of sp³-hybridized carbons (Fsp3) is 0.474. The number of carbonyl (C=O) groups is 1. The van der Waals surface area contributed by atoms with Crippen LogP contribution in [-0.2, 0) is 16.0 Å². The molecule has 0 radical (unpaired) electrons. The Kier molecular flexibility index (Phi) is 4.34. The van der Waals surface area contributed by atoms with E-state index in [-0.39, 0.29) is 18.1 Å². The molecule has 2 fully saturated rings. The third-order valence-corrected chi connectivity index (χ3v) is 5.06. The maximum absolute atomic E-state index is 12.8. The minimum absolute atomic E-state index is 0.197. The summed E-state index contributed by atoms with van der Waals surface area (Å²) in [7, 11) is 0. The first kappa shape index (κ1) is 15.4. The van der Waals surface area contributed by atoms with E-state index in [1.807, 2.05) is 46.1 Å². The fourth-order valence-corrected chi connectivity index (χ4v) is 3.86. The van der Waals surface area contributed by atoms with E-state index < -0.39 is 0 Å². The van der Waals surface area contributed by atoms with Gasteiger partial charge in [-0.25, -0.2) is 4.68 Å². The lowest BCUT2D eigenvalue weighted by Crippen LogP contribution is -2.55. The van der Waals surface area contributed by atoms with Gasteiger partial charge in [0.2, 0.25) is 5.91 Å². The van der Waals surface area contributed by atoms with E-state index in [1.54, 1.807) is 6.20 Å². The molecule has 4 rings (SSSR count). The molecule has 1 aliphatic carbocycles. The lowest BCUT2D eigenvalue weighted by atomic mass is 9.90. The van der Waals surface area contributed by atoms with E-state index >= 15 is 0 Å². The van der Waals surface area contributed by atoms with Crippen LogP contribution in [0.4, 0.5) is 0 Å². The highest BCUT2D eigenvalue weighted by Crippen LogP contribution is 2.28. The summed E-state index contributed by atoms with van der Waals surface area (Å²) < 4.78 is 7.69. The van der Waals surface area contributed by atoms with Gasteiger partial charge in [0.1, 0.15) is 0 Å². The van der Waals surface area contributed by atoms with Crippen LogP contribution in [0.1, 0.15) is 31.2 Å². The quantitative estimate of drug-likeness (QED) is 0.871. The lowest BCUT2D eigenvalue weighted by Gasteiger charge is -2.43. The zero-order valence-electron chi connectivity index (χ0n) is 13.8. The maximum Gasteiger partial charge on any atom is 0.227 e. The Hall–Kier alpha value is -2.14. The van der Waals surface area contributed by atoms with E-state index in [1.165, 1.54) is 12.8 Å². The number of amides is 1. The number of ether oxygens (including phenoxy) is 1. The lowest BCUT2D eigenvalue weighted by molar-refractivity contribution is -0.148. The van der Waals surface area contributed by atoms with Crippen molar-refractivity contribution >= 4 is 5.91 Å². The van der Waals surface area contributed by atoms with Crippen LogP contribution in [0.25, 0.3) is 5.69 Å². The summed E-state index contributed by atoms with van der Waals surface area (Å²) in [5.41, 5.74) is 1.97. The smallest absolute Gasteiger partial charge is 0.227 e. The Labute approximate surface area is 142 Å². The largest absolute Gasteiger partial charge is 0.374 e. The standard InChI is InChI=1S/C19H23N3O2/c23-19(21-10-11-24-18-9-5-4-8-17(18)21)12-15-13-20-22(14-15)16-6-2-1-3-7-16/h1-3,6-7,13-14,17-18H,4-5,8-12H2/t17-,18+/m0/s1. The molecule has 1 saturated heterocycles. The number of hydrogen-bond acceptors (Lipinski definition) is 3. The molecule has 1 aliphatic heterocycles. The van der Waals surface area contributed by atoms with Crippen LogP contribution in [0.3, 0.4) is 0 Å². The molecule has 24 heavy (non-hydrogen) atoms. The highest BCUT2D eigenvalue weighted by atomic mass is 16.5. The zero-order chi connectivity index (χ0) is 16.4. The number of hydrogen-bond donors (Lipinski definition) is 0. The van der Waals surface area contributed by atoms with Crippen molar-refractivity contribution in [1.29, 1.82) is 0 Å². The van der Waals surface area contributed by atoms with E-state index in [0.29, 0.717) is 19.6 Å². The van der Waals surface area contributed by atoms with E-state index in [4.69, 9.17) is 4.74 Å². The van der Waals surface area contributed by atoms with Crippen molar-refractivity contribution in [2.45, 2.75) is 44.2 Å². The van der Waals surface area contributed by atoms with E-state index in [9.17, 15) is 4.79 Å². The summed E-state index contributed by atoms with van der Waals surface area (Å²) in [6, 6.07) is 10.2. The first-order valence-electron chi connectivity index (χ1n) is 8.81. The average Bonchev–Trinajstić information content (AvgIpc) is 3.10. The summed E-state index contributed by atoms with van der Waals surface area (Å²) in [5, 5.41) is 4.39. The normalized spacial score (nSPS) is 23.8. The van der Waals surface area contributed by atoms with Gasteiger partial charge >= 0.3 is 0 Å². The predicted molar refractivity (Wildman–Crippen MR) is 91.0 cm³/mol. The summed E-state index contributed by atoms with van der Waals surface area (Å²) in [6.45, 7) is 1.38. The molecule has 1 aromatic carbocycles. The molecular weight excluding hydrogens is 302 g/mol. The first-order chi connectivity index (χ1) is 11.8. The minimum atomic E-state index is 0.197. The molecule has 1 aromatic heterocycles. The Morgan fingerprint density at radius 1 is 1.21 bits per heavy atom. The molecule has 0 bridgehead atoms. The third-order valence-electron chi connectivity index (χ3n) is 5.06. The van der Waals surface area contributed by atoms with Gasteiger partial charge in [0.05, 0.1) is 37.1 Å². The van der Waals surface area contributed by atoms with Crippen molar-refractivity contribution in [3.8, 4) is 5.69 Å². The van der Waals surface area contributed by atoms with Crippen LogP contribution < -0.4 is 0 Å². The van der Waals surface area contributed by atoms with Gasteiger partial charge in [-0.05, 0) is 30.5 Å². The number of fused-ring (bicyclic) bond motifs is 1. The molecule has 1 saturated carbocycles. The highest BCUT2D eigenvalue weighted by Gasteiger charge is 2.36. The number of para-hydroxylation sites is 1. The van der Waals surface area contributed by atoms with Crippen molar-refractivity contribution in [3.05, 3.63) is 48.3 Å². The number of benzene rings is 1. The van der Waals surface area contributed by atoms with Gasteiger partial charge in [-0.3, -0.25) is 4.79 Å². The van der Waals surface area contributed by atoms with Crippen LogP contribution in [-0.4, -0.2) is 45.9 Å². The van der Waals surface area contributed by atoms with Crippen LogP contribution >= 0.6 is 0 Å². The fourth-order valence-electron chi connectivity index (χ4n) is 3.86. The second-order valence-electron chi connectivity index (χ2n) is 6.65. The van der Waals surface area contributed by atoms with Crippen molar-refractivity contribution in [1.82, 2.24) is 14.7 Å². The Morgan fingerprint density at radius 2 is 2.04 bits per heavy atom. The third kappa shape index (κ3) is 3.08. The molecule has 0 N–H and O–H groups in total. The van der Waals surface area contributed by atoms with Crippen LogP contribution in [0.15, 0.2) is 42.7 Å². The average molecular weight is 325 g/mol. The maximum atomic E-state index is 12.8. The van der Waals surface area contributed by atoms with Gasteiger partial charge < -0.3 is 9.64 Å². The van der Waals surface area contributed by atoms with Crippen molar-refractivity contribution < 1.29 is 9.53 Å². The van der Waals surface area contributed by atoms with Crippen molar-refractivity contribution in [3.63, 3.8) is 0 Å². The molecule has 2 atom stereocenters. The molecule has 2 aromatic rings. The molecule has 0 spiro atoms. The molecule has 5 heteroatoms. The van der Waals surface area contributed by atoms with Gasteiger partial charge in [0.25, 0.3) is 0 Å². The topological polar surface area (TPSA) is 47.4 Å². The Morgan fingerprint density at radius 3 is 2.92 bits per heavy atom. The summed E-state index contributed by atoms with van der Waals surface area (Å²) in [4.78, 5) is 14.9. The van der Waals surface area contributed by atoms with Gasteiger partial charge in [-0.15, -0.1) is 0 Å². The number of carbonyl (C=O) groups excluding carboxylic acids is 1. The zero-order valence-corrected chi connectivity index (χ0v) is 13.8. The Bertz CT molecular complexity index is 696. The number of rotatable bonds is 3. The molecule has 1 amide bonds. The molecular formula is C19H23N3O2. The number of nitrogens with zero attached hydrogens (tertiary/aromatic N) is 3. The molecule has 5 nitrogen and oxygen atoms in total. The van der Waals surface area contributed by atoms with Gasteiger partial charge in [0, 0.05) is 12.7 Å². The van der Waals surface area contributed by atoms with Crippen LogP contribution in [0, 0.1) is 0 Å². The first-order valence-corrected chi connectivity index (χ1v) is 8.81. The van der Waals surface area contributed by atoms with Gasteiger partial charge in [0.15, 0.2) is 0 Å². The summed E-state index contributed by atoms with van der Waals surface area (Å²) >= 11 is 0. The molecule has 2 aliphatic rings. The van der Waals surface area contributed by atoms with Crippen LogP contribution in [0.2, 0.25) is 0 Å². The van der Waals surface area contributed by atoms with Gasteiger partial charge in [-0.2, -0.15) is 5.10 Å². The van der Waals surface area contributed by atoms with Crippen LogP contribution in [0.5, 0.6) is 0 Å². The van der Waals surface area contributed by atoms with Gasteiger partial charge in [-0.1, -0.05) is 31.0 Å². The molecule has 2 heterocycles. The number of aromatic nitrogens is 2. The second kappa shape index (κ2) is 6.77. The molecule has 0 unspecified atom stereocenters. The number of morpholine rings is 1. The summed E-state index contributed by atoms with van der Waals surface area (Å²) in [5.74, 6) is 0.197. The summed E-state index contributed by atoms with van der Waals surface area (Å²) in [6.07, 6.45) is 8.96. The second-order valence-corrected chi connectivity index (χ2v) is 6.65. The van der Waals surface area contributed by atoms with Crippen molar-refractivity contribution in [2.24, 2.45) is 0 Å². The molecule has 126 valence electrons.